The minimum absolute atomic E-state index is 0. The van der Waals surface area contributed by atoms with Crippen LogP contribution in [0.4, 0.5) is 0 Å². The Morgan fingerprint density at radius 1 is 0.920 bits per heavy atom. The van der Waals surface area contributed by atoms with Gasteiger partial charge >= 0.3 is 0 Å². The van der Waals surface area contributed by atoms with Gasteiger partial charge in [0.25, 0.3) is 5.91 Å². The Morgan fingerprint density at radius 3 is 2.12 bits per heavy atom. The molecule has 6 heteroatoms. The molecular formula is C19H24ClN3O2. The smallest absolute Gasteiger partial charge is 0.251 e. The Bertz CT molecular complexity index is 650. The van der Waals surface area contributed by atoms with Gasteiger partial charge in [-0.25, -0.2) is 0 Å². The van der Waals surface area contributed by atoms with Crippen molar-refractivity contribution >= 4 is 24.2 Å². The van der Waals surface area contributed by atoms with Gasteiger partial charge in [-0.1, -0.05) is 48.5 Å². The average molecular weight is 362 g/mol. The standard InChI is InChI=1S/C19H23N3O2.ClH/c20-12-14-22(13-11-16-7-3-1-4-8-16)18(23)15-21-19(24)17-9-5-2-6-10-17;/h1-10H,11-15,20H2,(H,21,24);1H. The molecule has 2 amide bonds. The first-order valence-electron chi connectivity index (χ1n) is 8.05. The van der Waals surface area contributed by atoms with Gasteiger partial charge in [0.2, 0.25) is 5.91 Å². The lowest BCUT2D eigenvalue weighted by Crippen LogP contribution is -2.43. The Balaban J connectivity index is 0.00000312. The van der Waals surface area contributed by atoms with Crippen LogP contribution in [0.1, 0.15) is 15.9 Å². The summed E-state index contributed by atoms with van der Waals surface area (Å²) in [5, 5.41) is 2.66. The molecule has 0 fully saturated rings. The highest BCUT2D eigenvalue weighted by molar-refractivity contribution is 5.96. The Hall–Kier alpha value is -2.37. The predicted octanol–water partition coefficient (Wildman–Crippen LogP) is 1.87. The van der Waals surface area contributed by atoms with E-state index < -0.39 is 0 Å². The fraction of sp³-hybridized carbons (Fsp3) is 0.263. The van der Waals surface area contributed by atoms with Crippen molar-refractivity contribution in [3.63, 3.8) is 0 Å². The Labute approximate surface area is 154 Å². The molecule has 2 aromatic rings. The van der Waals surface area contributed by atoms with Crippen LogP contribution in [0.15, 0.2) is 60.7 Å². The van der Waals surface area contributed by atoms with Crippen molar-refractivity contribution < 1.29 is 9.59 Å². The van der Waals surface area contributed by atoms with E-state index in [9.17, 15) is 9.59 Å². The maximum Gasteiger partial charge on any atom is 0.251 e. The number of hydrogen-bond acceptors (Lipinski definition) is 3. The van der Waals surface area contributed by atoms with Crippen LogP contribution in [-0.2, 0) is 11.2 Å². The van der Waals surface area contributed by atoms with E-state index in [4.69, 9.17) is 5.73 Å². The summed E-state index contributed by atoms with van der Waals surface area (Å²) in [6, 6.07) is 18.8. The minimum Gasteiger partial charge on any atom is -0.343 e. The van der Waals surface area contributed by atoms with Gasteiger partial charge in [-0.05, 0) is 24.1 Å². The monoisotopic (exact) mass is 361 g/mol. The zero-order valence-corrected chi connectivity index (χ0v) is 14.9. The number of nitrogens with two attached hydrogens (primary N) is 1. The molecule has 2 rings (SSSR count). The van der Waals surface area contributed by atoms with Gasteiger partial charge in [-0.3, -0.25) is 9.59 Å². The van der Waals surface area contributed by atoms with Crippen LogP contribution >= 0.6 is 12.4 Å². The summed E-state index contributed by atoms with van der Waals surface area (Å²) in [5.41, 5.74) is 7.31. The van der Waals surface area contributed by atoms with Gasteiger partial charge in [-0.2, -0.15) is 0 Å². The topological polar surface area (TPSA) is 75.4 Å². The Morgan fingerprint density at radius 2 is 1.52 bits per heavy atom. The third-order valence-corrected chi connectivity index (χ3v) is 3.70. The van der Waals surface area contributed by atoms with E-state index in [1.807, 2.05) is 36.4 Å². The van der Waals surface area contributed by atoms with Crippen LogP contribution < -0.4 is 11.1 Å². The molecule has 134 valence electrons. The lowest BCUT2D eigenvalue weighted by molar-refractivity contribution is -0.130. The van der Waals surface area contributed by atoms with E-state index in [1.54, 1.807) is 29.2 Å². The van der Waals surface area contributed by atoms with Crippen LogP contribution in [-0.4, -0.2) is 42.9 Å². The molecule has 0 unspecified atom stereocenters. The molecule has 25 heavy (non-hydrogen) atoms. The quantitative estimate of drug-likeness (QED) is 0.753. The van der Waals surface area contributed by atoms with Gasteiger partial charge in [0.1, 0.15) is 0 Å². The number of halogens is 1. The van der Waals surface area contributed by atoms with Crippen LogP contribution in [0.5, 0.6) is 0 Å². The van der Waals surface area contributed by atoms with Crippen molar-refractivity contribution in [2.75, 3.05) is 26.2 Å². The highest BCUT2D eigenvalue weighted by Gasteiger charge is 2.14. The zero-order chi connectivity index (χ0) is 17.2. The van der Waals surface area contributed by atoms with Gasteiger partial charge in [0, 0.05) is 25.2 Å². The summed E-state index contributed by atoms with van der Waals surface area (Å²) in [5.74, 6) is -0.375. The largest absolute Gasteiger partial charge is 0.343 e. The maximum absolute atomic E-state index is 12.3. The van der Waals surface area contributed by atoms with Gasteiger partial charge < -0.3 is 16.0 Å². The molecule has 0 atom stereocenters. The molecule has 0 heterocycles. The number of nitrogens with zero attached hydrogens (tertiary/aromatic N) is 1. The summed E-state index contributed by atoms with van der Waals surface area (Å²) in [4.78, 5) is 26.0. The molecule has 0 saturated carbocycles. The van der Waals surface area contributed by atoms with Crippen molar-refractivity contribution in [1.82, 2.24) is 10.2 Å². The summed E-state index contributed by atoms with van der Waals surface area (Å²) >= 11 is 0. The van der Waals surface area contributed by atoms with E-state index in [2.05, 4.69) is 5.32 Å². The van der Waals surface area contributed by atoms with Crippen LogP contribution in [0.2, 0.25) is 0 Å². The average Bonchev–Trinajstić information content (AvgIpc) is 2.64. The molecule has 0 aliphatic heterocycles. The number of carbonyl (C=O) groups is 2. The molecule has 0 aliphatic carbocycles. The number of benzene rings is 2. The molecule has 0 spiro atoms. The first-order chi connectivity index (χ1) is 11.7. The SMILES string of the molecule is Cl.NCCN(CCc1ccccc1)C(=O)CNC(=O)c1ccccc1. The fourth-order valence-electron chi connectivity index (χ4n) is 2.39. The number of nitrogens with one attached hydrogen (secondary N) is 1. The predicted molar refractivity (Wildman–Crippen MR) is 102 cm³/mol. The summed E-state index contributed by atoms with van der Waals surface area (Å²) in [6.45, 7) is 1.43. The highest BCUT2D eigenvalue weighted by Crippen LogP contribution is 2.02. The molecule has 0 bridgehead atoms. The van der Waals surface area contributed by atoms with E-state index in [0.717, 1.165) is 6.42 Å². The highest BCUT2D eigenvalue weighted by atomic mass is 35.5. The van der Waals surface area contributed by atoms with Gasteiger partial charge in [0.05, 0.1) is 6.54 Å². The molecule has 0 aromatic heterocycles. The Kier molecular flexibility index (Phi) is 9.29. The van der Waals surface area contributed by atoms with E-state index in [-0.39, 0.29) is 30.8 Å². The van der Waals surface area contributed by atoms with Crippen molar-refractivity contribution in [2.24, 2.45) is 5.73 Å². The third-order valence-electron chi connectivity index (χ3n) is 3.70. The van der Waals surface area contributed by atoms with E-state index >= 15 is 0 Å². The summed E-state index contributed by atoms with van der Waals surface area (Å²) in [7, 11) is 0. The number of carbonyl (C=O) groups excluding carboxylic acids is 2. The van der Waals surface area contributed by atoms with Crippen molar-refractivity contribution in [1.29, 1.82) is 0 Å². The van der Waals surface area contributed by atoms with Crippen LogP contribution in [0, 0.1) is 0 Å². The molecule has 0 radical (unpaired) electrons. The minimum atomic E-state index is -0.250. The van der Waals surface area contributed by atoms with E-state index in [1.165, 1.54) is 5.56 Å². The first kappa shape index (κ1) is 20.7. The third kappa shape index (κ3) is 6.95. The maximum atomic E-state index is 12.3. The number of amides is 2. The van der Waals surface area contributed by atoms with Gasteiger partial charge in [0.15, 0.2) is 0 Å². The molecule has 0 aliphatic rings. The second kappa shape index (κ2) is 11.2. The summed E-state index contributed by atoms with van der Waals surface area (Å²) in [6.07, 6.45) is 0.763. The molecule has 0 saturated heterocycles. The number of rotatable bonds is 8. The van der Waals surface area contributed by atoms with Crippen LogP contribution in [0.3, 0.4) is 0 Å². The molecule has 3 N–H and O–H groups in total. The lowest BCUT2D eigenvalue weighted by Gasteiger charge is -2.22. The lowest BCUT2D eigenvalue weighted by atomic mass is 10.1. The van der Waals surface area contributed by atoms with Crippen molar-refractivity contribution in [3.8, 4) is 0 Å². The molecule has 2 aromatic carbocycles. The van der Waals surface area contributed by atoms with Gasteiger partial charge in [-0.15, -0.1) is 12.4 Å². The normalized spacial score (nSPS) is 9.80. The first-order valence-corrected chi connectivity index (χ1v) is 8.05. The fourth-order valence-corrected chi connectivity index (χ4v) is 2.39. The van der Waals surface area contributed by atoms with Crippen molar-refractivity contribution in [3.05, 3.63) is 71.8 Å². The zero-order valence-electron chi connectivity index (χ0n) is 14.1. The van der Waals surface area contributed by atoms with Crippen LogP contribution in [0.25, 0.3) is 0 Å². The number of hydrogen-bond donors (Lipinski definition) is 2. The second-order valence-electron chi connectivity index (χ2n) is 5.45. The molecular weight excluding hydrogens is 338 g/mol. The molecule has 5 nitrogen and oxygen atoms in total. The second-order valence-corrected chi connectivity index (χ2v) is 5.45. The summed E-state index contributed by atoms with van der Waals surface area (Å²) < 4.78 is 0. The van der Waals surface area contributed by atoms with Crippen molar-refractivity contribution in [2.45, 2.75) is 6.42 Å². The van der Waals surface area contributed by atoms with E-state index in [0.29, 0.717) is 25.2 Å².